The average Bonchev–Trinajstić information content (AvgIpc) is 2.57. The fourth-order valence-corrected chi connectivity index (χ4v) is 2.41. The molecular formula is C17H19N3O4. The quantitative estimate of drug-likeness (QED) is 0.764. The highest BCUT2D eigenvalue weighted by Crippen LogP contribution is 2.23. The summed E-state index contributed by atoms with van der Waals surface area (Å²) in [5.41, 5.74) is 7.49. The van der Waals surface area contributed by atoms with Crippen LogP contribution in [0, 0.1) is 6.92 Å². The fourth-order valence-electron chi connectivity index (χ4n) is 2.41. The number of amides is 2. The third-order valence-electron chi connectivity index (χ3n) is 3.56. The molecule has 7 nitrogen and oxygen atoms in total. The van der Waals surface area contributed by atoms with Crippen molar-refractivity contribution >= 4 is 28.7 Å². The van der Waals surface area contributed by atoms with Crippen LogP contribution >= 0.6 is 0 Å². The van der Waals surface area contributed by atoms with Crippen LogP contribution in [0.25, 0.3) is 10.9 Å². The summed E-state index contributed by atoms with van der Waals surface area (Å²) in [4.78, 5) is 39.0. The van der Waals surface area contributed by atoms with Crippen LogP contribution in [0.3, 0.4) is 0 Å². The minimum atomic E-state index is -0.669. The molecule has 0 aliphatic carbocycles. The number of pyridine rings is 1. The van der Waals surface area contributed by atoms with E-state index in [9.17, 15) is 14.4 Å². The zero-order chi connectivity index (χ0) is 17.7. The van der Waals surface area contributed by atoms with Gasteiger partial charge in [0.1, 0.15) is 0 Å². The zero-order valence-electron chi connectivity index (χ0n) is 13.6. The van der Waals surface area contributed by atoms with Gasteiger partial charge in [0.25, 0.3) is 5.91 Å². The lowest BCUT2D eigenvalue weighted by atomic mass is 10.0. The molecule has 0 aliphatic heterocycles. The number of hydrogen-bond donors (Lipinski definition) is 2. The number of aryl methyl sites for hydroxylation is 2. The van der Waals surface area contributed by atoms with Crippen molar-refractivity contribution in [1.29, 1.82) is 0 Å². The second-order valence-electron chi connectivity index (χ2n) is 5.25. The summed E-state index contributed by atoms with van der Waals surface area (Å²) in [6.07, 6.45) is 0.560. The van der Waals surface area contributed by atoms with E-state index in [1.54, 1.807) is 0 Å². The Morgan fingerprint density at radius 3 is 2.62 bits per heavy atom. The molecule has 2 aromatic rings. The SMILES string of the molecule is CCc1nc2ccccc2c(C)c1C(=O)OCC(=O)NCC(N)=O. The van der Waals surface area contributed by atoms with E-state index in [4.69, 9.17) is 10.5 Å². The van der Waals surface area contributed by atoms with E-state index in [1.165, 1.54) is 0 Å². The van der Waals surface area contributed by atoms with Crippen LogP contribution in [0.1, 0.15) is 28.5 Å². The first-order valence-corrected chi connectivity index (χ1v) is 7.54. The Hall–Kier alpha value is -2.96. The van der Waals surface area contributed by atoms with E-state index < -0.39 is 24.4 Å². The van der Waals surface area contributed by atoms with Gasteiger partial charge >= 0.3 is 5.97 Å². The van der Waals surface area contributed by atoms with Crippen LogP contribution in [-0.2, 0) is 20.7 Å². The van der Waals surface area contributed by atoms with E-state index in [-0.39, 0.29) is 6.54 Å². The molecule has 1 aromatic carbocycles. The van der Waals surface area contributed by atoms with Crippen LogP contribution in [-0.4, -0.2) is 35.9 Å². The third kappa shape index (κ3) is 3.87. The van der Waals surface area contributed by atoms with Crippen molar-refractivity contribution in [1.82, 2.24) is 10.3 Å². The van der Waals surface area contributed by atoms with Crippen LogP contribution in [0.5, 0.6) is 0 Å². The number of fused-ring (bicyclic) bond motifs is 1. The summed E-state index contributed by atoms with van der Waals surface area (Å²) in [7, 11) is 0. The molecule has 0 bridgehead atoms. The lowest BCUT2D eigenvalue weighted by molar-refractivity contribution is -0.127. The second-order valence-corrected chi connectivity index (χ2v) is 5.25. The minimum absolute atomic E-state index is 0.298. The number of primary amides is 1. The summed E-state index contributed by atoms with van der Waals surface area (Å²) in [5, 5.41) is 3.12. The van der Waals surface area contributed by atoms with Crippen molar-refractivity contribution in [2.24, 2.45) is 5.73 Å². The molecule has 0 fully saturated rings. The van der Waals surface area contributed by atoms with Gasteiger partial charge in [0, 0.05) is 5.39 Å². The molecule has 0 radical (unpaired) electrons. The van der Waals surface area contributed by atoms with Gasteiger partial charge in [0.15, 0.2) is 6.61 Å². The molecular weight excluding hydrogens is 310 g/mol. The summed E-state index contributed by atoms with van der Waals surface area (Å²) in [6.45, 7) is 2.94. The number of nitrogens with zero attached hydrogens (tertiary/aromatic N) is 1. The molecule has 0 atom stereocenters. The van der Waals surface area contributed by atoms with Gasteiger partial charge in [-0.3, -0.25) is 14.6 Å². The normalized spacial score (nSPS) is 10.4. The average molecular weight is 329 g/mol. The second kappa shape index (κ2) is 7.54. The fraction of sp³-hybridized carbons (Fsp3) is 0.294. The van der Waals surface area contributed by atoms with Crippen molar-refractivity contribution < 1.29 is 19.1 Å². The summed E-state index contributed by atoms with van der Waals surface area (Å²) < 4.78 is 5.05. The highest BCUT2D eigenvalue weighted by atomic mass is 16.5. The molecule has 126 valence electrons. The van der Waals surface area contributed by atoms with E-state index in [1.807, 2.05) is 38.1 Å². The van der Waals surface area contributed by atoms with Gasteiger partial charge in [-0.1, -0.05) is 25.1 Å². The highest BCUT2D eigenvalue weighted by molar-refractivity contribution is 5.99. The highest BCUT2D eigenvalue weighted by Gasteiger charge is 2.20. The summed E-state index contributed by atoms with van der Waals surface area (Å²) in [6, 6.07) is 7.52. The molecule has 3 N–H and O–H groups in total. The van der Waals surface area contributed by atoms with E-state index in [2.05, 4.69) is 10.3 Å². The lowest BCUT2D eigenvalue weighted by Crippen LogP contribution is -2.36. The number of aromatic nitrogens is 1. The Morgan fingerprint density at radius 1 is 1.25 bits per heavy atom. The van der Waals surface area contributed by atoms with E-state index in [0.717, 1.165) is 16.5 Å². The van der Waals surface area contributed by atoms with Crippen LogP contribution in [0.15, 0.2) is 24.3 Å². The monoisotopic (exact) mass is 329 g/mol. The predicted molar refractivity (Wildman–Crippen MR) is 88.3 cm³/mol. The van der Waals surface area contributed by atoms with Gasteiger partial charge in [0.05, 0.1) is 23.3 Å². The van der Waals surface area contributed by atoms with Crippen molar-refractivity contribution in [3.63, 3.8) is 0 Å². The van der Waals surface area contributed by atoms with Gasteiger partial charge in [-0.05, 0) is 25.0 Å². The zero-order valence-corrected chi connectivity index (χ0v) is 13.6. The van der Waals surface area contributed by atoms with Gasteiger partial charge in [-0.15, -0.1) is 0 Å². The molecule has 0 saturated heterocycles. The topological polar surface area (TPSA) is 111 Å². The largest absolute Gasteiger partial charge is 0.452 e. The molecule has 0 saturated carbocycles. The number of para-hydroxylation sites is 1. The molecule has 7 heteroatoms. The Balaban J connectivity index is 2.21. The number of carbonyl (C=O) groups excluding carboxylic acids is 3. The maximum absolute atomic E-state index is 12.4. The summed E-state index contributed by atoms with van der Waals surface area (Å²) >= 11 is 0. The maximum Gasteiger partial charge on any atom is 0.340 e. The molecule has 1 heterocycles. The number of benzene rings is 1. The van der Waals surface area contributed by atoms with Crippen LogP contribution < -0.4 is 11.1 Å². The third-order valence-corrected chi connectivity index (χ3v) is 3.56. The smallest absolute Gasteiger partial charge is 0.340 e. The number of esters is 1. The van der Waals surface area contributed by atoms with Gasteiger partial charge in [-0.25, -0.2) is 4.79 Å². The van der Waals surface area contributed by atoms with Gasteiger partial charge < -0.3 is 15.8 Å². The van der Waals surface area contributed by atoms with Gasteiger partial charge in [-0.2, -0.15) is 0 Å². The van der Waals surface area contributed by atoms with Crippen molar-refractivity contribution in [3.05, 3.63) is 41.1 Å². The molecule has 0 spiro atoms. The number of nitrogens with one attached hydrogen (secondary N) is 1. The molecule has 1 aromatic heterocycles. The Morgan fingerprint density at radius 2 is 1.96 bits per heavy atom. The Labute approximate surface area is 139 Å². The molecule has 2 amide bonds. The van der Waals surface area contributed by atoms with E-state index >= 15 is 0 Å². The Bertz CT molecular complexity index is 802. The first-order chi connectivity index (χ1) is 11.4. The number of hydrogen-bond acceptors (Lipinski definition) is 5. The standard InChI is InChI=1S/C17H19N3O4/c1-3-12-16(10(2)11-6-4-5-7-13(11)20-12)17(23)24-9-15(22)19-8-14(18)21/h4-7H,3,8-9H2,1-2H3,(H2,18,21)(H,19,22). The molecule has 2 rings (SSSR count). The number of ether oxygens (including phenoxy) is 1. The molecule has 0 aliphatic rings. The predicted octanol–water partition coefficient (Wildman–Crippen LogP) is 0.864. The van der Waals surface area contributed by atoms with Crippen molar-refractivity contribution in [2.75, 3.05) is 13.2 Å². The molecule has 0 unspecified atom stereocenters. The molecule has 24 heavy (non-hydrogen) atoms. The first kappa shape index (κ1) is 17.4. The van der Waals surface area contributed by atoms with E-state index in [0.29, 0.717) is 17.7 Å². The lowest BCUT2D eigenvalue weighted by Gasteiger charge is -2.13. The van der Waals surface area contributed by atoms with Crippen LogP contribution in [0.2, 0.25) is 0 Å². The number of carbonyl (C=O) groups is 3. The maximum atomic E-state index is 12.4. The first-order valence-electron chi connectivity index (χ1n) is 7.54. The number of rotatable bonds is 6. The number of nitrogens with two attached hydrogens (primary N) is 1. The van der Waals surface area contributed by atoms with Crippen LogP contribution in [0.4, 0.5) is 0 Å². The van der Waals surface area contributed by atoms with Gasteiger partial charge in [0.2, 0.25) is 5.91 Å². The Kier molecular flexibility index (Phi) is 5.47. The summed E-state index contributed by atoms with van der Waals surface area (Å²) in [5.74, 6) is -1.87. The van der Waals surface area contributed by atoms with Crippen molar-refractivity contribution in [3.8, 4) is 0 Å². The minimum Gasteiger partial charge on any atom is -0.452 e. The van der Waals surface area contributed by atoms with Crippen molar-refractivity contribution in [2.45, 2.75) is 20.3 Å².